The zero-order valence-electron chi connectivity index (χ0n) is 7.88. The van der Waals surface area contributed by atoms with Gasteiger partial charge in [0.25, 0.3) is 5.69 Å². The standard InChI is InChI=1S/C8H7BrN4O3/c9-7-2-1-6(13(15)16)3-5(7)4-11-12-8(10)14/h1-4H,(H3,10,12,14). The van der Waals surface area contributed by atoms with Gasteiger partial charge in [-0.3, -0.25) is 10.1 Å². The molecular weight excluding hydrogens is 280 g/mol. The number of hydrazone groups is 1. The maximum absolute atomic E-state index is 10.5. The quantitative estimate of drug-likeness (QED) is 0.497. The molecule has 0 unspecified atom stereocenters. The summed E-state index contributed by atoms with van der Waals surface area (Å²) in [5.41, 5.74) is 7.17. The number of halogens is 1. The summed E-state index contributed by atoms with van der Waals surface area (Å²) in [6, 6.07) is 3.38. The third-order valence-corrected chi connectivity index (χ3v) is 2.29. The van der Waals surface area contributed by atoms with E-state index in [1.165, 1.54) is 24.4 Å². The van der Waals surface area contributed by atoms with Crippen molar-refractivity contribution >= 4 is 33.9 Å². The highest BCUT2D eigenvalue weighted by Crippen LogP contribution is 2.20. The summed E-state index contributed by atoms with van der Waals surface area (Å²) in [6.07, 6.45) is 1.25. The van der Waals surface area contributed by atoms with Gasteiger partial charge in [-0.15, -0.1) is 0 Å². The number of nitrogens with two attached hydrogens (primary N) is 1. The molecule has 0 atom stereocenters. The highest BCUT2D eigenvalue weighted by atomic mass is 79.9. The van der Waals surface area contributed by atoms with Gasteiger partial charge in [0.15, 0.2) is 0 Å². The molecule has 0 aliphatic rings. The molecule has 7 nitrogen and oxygen atoms in total. The van der Waals surface area contributed by atoms with E-state index in [1.54, 1.807) is 0 Å². The number of nitrogens with one attached hydrogen (secondary N) is 1. The smallest absolute Gasteiger partial charge is 0.332 e. The normalized spacial score (nSPS) is 10.3. The Morgan fingerprint density at radius 1 is 1.62 bits per heavy atom. The number of carbonyl (C=O) groups is 1. The molecule has 0 bridgehead atoms. The van der Waals surface area contributed by atoms with Crippen molar-refractivity contribution in [3.63, 3.8) is 0 Å². The molecular formula is C8H7BrN4O3. The van der Waals surface area contributed by atoms with E-state index >= 15 is 0 Å². The maximum atomic E-state index is 10.5. The number of non-ortho nitro benzene ring substituents is 1. The molecule has 0 fully saturated rings. The number of hydrogen-bond acceptors (Lipinski definition) is 4. The van der Waals surface area contributed by atoms with Crippen LogP contribution in [-0.4, -0.2) is 17.2 Å². The Bertz CT molecular complexity index is 461. The molecule has 0 aromatic heterocycles. The summed E-state index contributed by atoms with van der Waals surface area (Å²) in [4.78, 5) is 20.3. The third kappa shape index (κ3) is 3.31. The van der Waals surface area contributed by atoms with Gasteiger partial charge in [-0.1, -0.05) is 15.9 Å². The van der Waals surface area contributed by atoms with Crippen LogP contribution < -0.4 is 11.2 Å². The molecule has 2 amide bonds. The maximum Gasteiger partial charge on any atom is 0.332 e. The number of nitro groups is 1. The molecule has 1 rings (SSSR count). The van der Waals surface area contributed by atoms with E-state index < -0.39 is 11.0 Å². The fourth-order valence-corrected chi connectivity index (χ4v) is 1.26. The summed E-state index contributed by atoms with van der Waals surface area (Å²) in [5, 5.41) is 14.0. The van der Waals surface area contributed by atoms with Gasteiger partial charge in [0.05, 0.1) is 11.1 Å². The number of rotatable bonds is 3. The minimum Gasteiger partial charge on any atom is -0.350 e. The van der Waals surface area contributed by atoms with Crippen LogP contribution in [0.1, 0.15) is 5.56 Å². The van der Waals surface area contributed by atoms with E-state index in [-0.39, 0.29) is 5.69 Å². The van der Waals surface area contributed by atoms with Crippen LogP contribution in [0.5, 0.6) is 0 Å². The Kier molecular flexibility index (Phi) is 3.95. The Balaban J connectivity index is 2.94. The minimum absolute atomic E-state index is 0.0660. The van der Waals surface area contributed by atoms with E-state index in [2.05, 4.69) is 21.0 Å². The van der Waals surface area contributed by atoms with E-state index in [1.807, 2.05) is 5.43 Å². The average Bonchev–Trinajstić information content (AvgIpc) is 2.20. The van der Waals surface area contributed by atoms with Crippen molar-refractivity contribution in [2.24, 2.45) is 10.8 Å². The first-order valence-electron chi connectivity index (χ1n) is 4.03. The second-order valence-corrected chi connectivity index (χ2v) is 3.55. The summed E-state index contributed by atoms with van der Waals surface area (Å²) < 4.78 is 0.619. The second-order valence-electron chi connectivity index (χ2n) is 2.70. The number of urea groups is 1. The molecule has 0 radical (unpaired) electrons. The van der Waals surface area contributed by atoms with Crippen molar-refractivity contribution in [2.45, 2.75) is 0 Å². The predicted octanol–water partition coefficient (Wildman–Crippen LogP) is 1.36. The van der Waals surface area contributed by atoms with Crippen LogP contribution in [0.15, 0.2) is 27.8 Å². The van der Waals surface area contributed by atoms with Crippen molar-refractivity contribution < 1.29 is 9.72 Å². The molecule has 16 heavy (non-hydrogen) atoms. The molecule has 8 heteroatoms. The first kappa shape index (κ1) is 12.1. The molecule has 0 spiro atoms. The number of amides is 2. The molecule has 84 valence electrons. The lowest BCUT2D eigenvalue weighted by molar-refractivity contribution is -0.384. The molecule has 0 heterocycles. The van der Waals surface area contributed by atoms with Gasteiger partial charge < -0.3 is 5.73 Å². The van der Waals surface area contributed by atoms with Crippen LogP contribution >= 0.6 is 15.9 Å². The van der Waals surface area contributed by atoms with Crippen LogP contribution in [0.4, 0.5) is 10.5 Å². The van der Waals surface area contributed by atoms with Gasteiger partial charge in [-0.25, -0.2) is 10.2 Å². The molecule has 1 aromatic carbocycles. The van der Waals surface area contributed by atoms with Crippen LogP contribution in [0.3, 0.4) is 0 Å². The van der Waals surface area contributed by atoms with Crippen LogP contribution in [-0.2, 0) is 0 Å². The minimum atomic E-state index is -0.808. The molecule has 3 N–H and O–H groups in total. The van der Waals surface area contributed by atoms with Crippen molar-refractivity contribution in [2.75, 3.05) is 0 Å². The van der Waals surface area contributed by atoms with Gasteiger partial charge in [0.1, 0.15) is 0 Å². The Morgan fingerprint density at radius 2 is 2.31 bits per heavy atom. The van der Waals surface area contributed by atoms with Crippen LogP contribution in [0, 0.1) is 10.1 Å². The van der Waals surface area contributed by atoms with Crippen molar-refractivity contribution in [1.82, 2.24) is 5.43 Å². The number of hydrogen-bond donors (Lipinski definition) is 2. The van der Waals surface area contributed by atoms with Gasteiger partial charge in [0.2, 0.25) is 0 Å². The van der Waals surface area contributed by atoms with E-state index in [4.69, 9.17) is 5.73 Å². The van der Waals surface area contributed by atoms with Gasteiger partial charge in [0, 0.05) is 22.2 Å². The lowest BCUT2D eigenvalue weighted by Crippen LogP contribution is -2.24. The zero-order valence-corrected chi connectivity index (χ0v) is 9.47. The largest absolute Gasteiger partial charge is 0.350 e. The molecule has 0 saturated heterocycles. The lowest BCUT2D eigenvalue weighted by Gasteiger charge is -1.98. The average molecular weight is 287 g/mol. The SMILES string of the molecule is NC(=O)NN=Cc1cc([N+](=O)[O-])ccc1Br. The topological polar surface area (TPSA) is 111 Å². The van der Waals surface area contributed by atoms with Crippen LogP contribution in [0.2, 0.25) is 0 Å². The zero-order chi connectivity index (χ0) is 12.1. The highest BCUT2D eigenvalue weighted by Gasteiger charge is 2.07. The lowest BCUT2D eigenvalue weighted by atomic mass is 10.2. The van der Waals surface area contributed by atoms with E-state index in [9.17, 15) is 14.9 Å². The predicted molar refractivity (Wildman–Crippen MR) is 61.1 cm³/mol. The Morgan fingerprint density at radius 3 is 2.88 bits per heavy atom. The second kappa shape index (κ2) is 5.21. The number of carbonyl (C=O) groups excluding carboxylic acids is 1. The summed E-state index contributed by atoms with van der Waals surface area (Å²) in [6.45, 7) is 0. The van der Waals surface area contributed by atoms with Crippen LogP contribution in [0.25, 0.3) is 0 Å². The number of nitro benzene ring substituents is 1. The highest BCUT2D eigenvalue weighted by molar-refractivity contribution is 9.10. The summed E-state index contributed by atoms with van der Waals surface area (Å²) >= 11 is 3.19. The van der Waals surface area contributed by atoms with E-state index in [0.717, 1.165) is 0 Å². The summed E-state index contributed by atoms with van der Waals surface area (Å²) in [5.74, 6) is 0. The fraction of sp³-hybridized carbons (Fsp3) is 0. The molecule has 0 aliphatic heterocycles. The number of benzene rings is 1. The first-order valence-corrected chi connectivity index (χ1v) is 4.82. The van der Waals surface area contributed by atoms with Gasteiger partial charge >= 0.3 is 6.03 Å². The van der Waals surface area contributed by atoms with Crippen molar-refractivity contribution in [1.29, 1.82) is 0 Å². The fourth-order valence-electron chi connectivity index (χ4n) is 0.909. The monoisotopic (exact) mass is 286 g/mol. The Labute approximate surface area is 98.6 Å². The van der Waals surface area contributed by atoms with Gasteiger partial charge in [-0.2, -0.15) is 5.10 Å². The van der Waals surface area contributed by atoms with Gasteiger partial charge in [-0.05, 0) is 6.07 Å². The third-order valence-electron chi connectivity index (χ3n) is 1.57. The van der Waals surface area contributed by atoms with E-state index in [0.29, 0.717) is 10.0 Å². The summed E-state index contributed by atoms with van der Waals surface area (Å²) in [7, 11) is 0. The Hall–Kier alpha value is -1.96. The van der Waals surface area contributed by atoms with Crippen molar-refractivity contribution in [3.05, 3.63) is 38.3 Å². The first-order chi connectivity index (χ1) is 7.50. The number of nitrogens with zero attached hydrogens (tertiary/aromatic N) is 2. The molecule has 0 saturated carbocycles. The van der Waals surface area contributed by atoms with Crippen molar-refractivity contribution in [3.8, 4) is 0 Å². The molecule has 0 aliphatic carbocycles. The molecule has 1 aromatic rings. The number of primary amides is 1.